The van der Waals surface area contributed by atoms with Crippen LogP contribution in [0, 0.1) is 5.82 Å². The van der Waals surface area contributed by atoms with Gasteiger partial charge in [-0.3, -0.25) is 4.79 Å². The Morgan fingerprint density at radius 3 is 2.36 bits per heavy atom. The summed E-state index contributed by atoms with van der Waals surface area (Å²) in [4.78, 5) is 14.5. The van der Waals surface area contributed by atoms with Crippen molar-refractivity contribution in [2.24, 2.45) is 0 Å². The number of hydrogen-bond acceptors (Lipinski definition) is 3. The molecule has 1 amide bonds. The highest BCUT2D eigenvalue weighted by Gasteiger charge is 2.18. The van der Waals surface area contributed by atoms with Crippen molar-refractivity contribution in [3.63, 3.8) is 0 Å². The fourth-order valence-electron chi connectivity index (χ4n) is 2.52. The predicted molar refractivity (Wildman–Crippen MR) is 91.7 cm³/mol. The molecule has 2 aromatic carbocycles. The van der Waals surface area contributed by atoms with Crippen molar-refractivity contribution in [3.05, 3.63) is 89.6 Å². The number of carbonyl (C=O) groups excluding carboxylic acids is 1. The number of furan rings is 1. The second-order valence-electron chi connectivity index (χ2n) is 5.60. The Kier molecular flexibility index (Phi) is 5.14. The fourth-order valence-corrected chi connectivity index (χ4v) is 2.52. The van der Waals surface area contributed by atoms with Crippen LogP contribution in [-0.4, -0.2) is 17.9 Å². The summed E-state index contributed by atoms with van der Waals surface area (Å²) < 4.78 is 23.6. The van der Waals surface area contributed by atoms with Gasteiger partial charge in [0, 0.05) is 12.1 Å². The van der Waals surface area contributed by atoms with Crippen LogP contribution in [0.4, 0.5) is 4.39 Å². The quantitative estimate of drug-likeness (QED) is 0.673. The maximum atomic E-state index is 13.1. The van der Waals surface area contributed by atoms with Crippen molar-refractivity contribution in [3.8, 4) is 5.75 Å². The summed E-state index contributed by atoms with van der Waals surface area (Å²) in [7, 11) is 1.61. The van der Waals surface area contributed by atoms with Gasteiger partial charge in [0.05, 0.1) is 19.9 Å². The Hall–Kier alpha value is -3.08. The van der Waals surface area contributed by atoms with Gasteiger partial charge >= 0.3 is 0 Å². The number of nitrogens with zero attached hydrogens (tertiary/aromatic N) is 1. The van der Waals surface area contributed by atoms with Gasteiger partial charge in [-0.1, -0.05) is 12.1 Å². The third-order valence-electron chi connectivity index (χ3n) is 3.84. The van der Waals surface area contributed by atoms with Crippen molar-refractivity contribution in [1.29, 1.82) is 0 Å². The van der Waals surface area contributed by atoms with Crippen LogP contribution in [0.3, 0.4) is 0 Å². The van der Waals surface area contributed by atoms with Crippen molar-refractivity contribution in [2.45, 2.75) is 13.1 Å². The lowest BCUT2D eigenvalue weighted by atomic mass is 10.1. The first-order chi connectivity index (χ1) is 12.2. The molecule has 0 fully saturated rings. The SMILES string of the molecule is COc1ccc(CN(Cc2ccco2)C(=O)c2ccc(F)cc2)cc1. The molecular weight excluding hydrogens is 321 g/mol. The lowest BCUT2D eigenvalue weighted by molar-refractivity contribution is 0.0717. The second kappa shape index (κ2) is 7.66. The smallest absolute Gasteiger partial charge is 0.254 e. The fraction of sp³-hybridized carbons (Fsp3) is 0.150. The molecule has 0 spiro atoms. The van der Waals surface area contributed by atoms with Crippen LogP contribution in [0.25, 0.3) is 0 Å². The summed E-state index contributed by atoms with van der Waals surface area (Å²) in [6, 6.07) is 16.7. The van der Waals surface area contributed by atoms with Gasteiger partial charge in [0.25, 0.3) is 5.91 Å². The minimum atomic E-state index is -0.371. The first-order valence-corrected chi connectivity index (χ1v) is 7.86. The molecule has 0 N–H and O–H groups in total. The van der Waals surface area contributed by atoms with Gasteiger partial charge in [-0.25, -0.2) is 4.39 Å². The van der Waals surface area contributed by atoms with Gasteiger partial charge in [0.2, 0.25) is 0 Å². The van der Waals surface area contributed by atoms with E-state index in [1.54, 1.807) is 24.3 Å². The minimum Gasteiger partial charge on any atom is -0.497 e. The average Bonchev–Trinajstić information content (AvgIpc) is 3.15. The maximum Gasteiger partial charge on any atom is 0.254 e. The normalized spacial score (nSPS) is 10.5. The van der Waals surface area contributed by atoms with E-state index in [1.807, 2.05) is 30.3 Å². The van der Waals surface area contributed by atoms with Gasteiger partial charge in [-0.15, -0.1) is 0 Å². The number of ether oxygens (including phenoxy) is 1. The van der Waals surface area contributed by atoms with Gasteiger partial charge in [-0.05, 0) is 54.1 Å². The van der Waals surface area contributed by atoms with Crippen LogP contribution in [-0.2, 0) is 13.1 Å². The Morgan fingerprint density at radius 1 is 1.04 bits per heavy atom. The van der Waals surface area contributed by atoms with Crippen molar-refractivity contribution in [1.82, 2.24) is 4.90 Å². The van der Waals surface area contributed by atoms with Gasteiger partial charge in [0.1, 0.15) is 17.3 Å². The number of methoxy groups -OCH3 is 1. The van der Waals surface area contributed by atoms with E-state index in [2.05, 4.69) is 0 Å². The zero-order valence-corrected chi connectivity index (χ0v) is 13.8. The van der Waals surface area contributed by atoms with E-state index >= 15 is 0 Å². The minimum absolute atomic E-state index is 0.188. The Balaban J connectivity index is 1.83. The molecule has 4 nitrogen and oxygen atoms in total. The monoisotopic (exact) mass is 339 g/mol. The molecule has 1 heterocycles. The Labute approximate surface area is 145 Å². The van der Waals surface area contributed by atoms with E-state index in [0.717, 1.165) is 11.3 Å². The number of carbonyl (C=O) groups is 1. The van der Waals surface area contributed by atoms with Crippen LogP contribution in [0.1, 0.15) is 21.7 Å². The zero-order chi connectivity index (χ0) is 17.6. The van der Waals surface area contributed by atoms with Gasteiger partial charge in [0.15, 0.2) is 0 Å². The molecule has 5 heteroatoms. The number of benzene rings is 2. The van der Waals surface area contributed by atoms with Crippen LogP contribution >= 0.6 is 0 Å². The van der Waals surface area contributed by atoms with Crippen LogP contribution in [0.5, 0.6) is 5.75 Å². The summed E-state index contributed by atoms with van der Waals surface area (Å²) in [5, 5.41) is 0. The van der Waals surface area contributed by atoms with Gasteiger partial charge in [-0.2, -0.15) is 0 Å². The molecule has 0 saturated heterocycles. The molecule has 3 rings (SSSR count). The van der Waals surface area contributed by atoms with Crippen molar-refractivity contribution >= 4 is 5.91 Å². The van der Waals surface area contributed by atoms with Crippen molar-refractivity contribution in [2.75, 3.05) is 7.11 Å². The molecule has 0 aliphatic rings. The highest BCUT2D eigenvalue weighted by atomic mass is 19.1. The molecular formula is C20H18FNO3. The zero-order valence-electron chi connectivity index (χ0n) is 13.8. The van der Waals surface area contributed by atoms with Crippen LogP contribution in [0.15, 0.2) is 71.3 Å². The topological polar surface area (TPSA) is 42.7 Å². The van der Waals surface area contributed by atoms with Crippen LogP contribution < -0.4 is 4.74 Å². The molecule has 3 aromatic rings. The first-order valence-electron chi connectivity index (χ1n) is 7.86. The Morgan fingerprint density at radius 2 is 1.76 bits per heavy atom. The third-order valence-corrected chi connectivity index (χ3v) is 3.84. The predicted octanol–water partition coefficient (Wildman–Crippen LogP) is 4.27. The van der Waals surface area contributed by atoms with E-state index in [1.165, 1.54) is 24.3 Å². The molecule has 0 aliphatic heterocycles. The molecule has 0 radical (unpaired) electrons. The average molecular weight is 339 g/mol. The molecule has 0 saturated carbocycles. The molecule has 128 valence electrons. The molecule has 1 aromatic heterocycles. The summed E-state index contributed by atoms with van der Waals surface area (Å²) in [6.07, 6.45) is 1.57. The maximum absolute atomic E-state index is 13.1. The molecule has 0 unspecified atom stereocenters. The standard InChI is InChI=1S/C20H18FNO3/c1-24-18-10-4-15(5-11-18)13-22(14-19-3-2-12-25-19)20(23)16-6-8-17(21)9-7-16/h2-12H,13-14H2,1H3. The van der Waals surface area contributed by atoms with Crippen LogP contribution in [0.2, 0.25) is 0 Å². The summed E-state index contributed by atoms with van der Waals surface area (Å²) in [5.74, 6) is 0.881. The van der Waals surface area contributed by atoms with E-state index in [-0.39, 0.29) is 11.7 Å². The highest BCUT2D eigenvalue weighted by Crippen LogP contribution is 2.17. The van der Waals surface area contributed by atoms with E-state index in [9.17, 15) is 9.18 Å². The highest BCUT2D eigenvalue weighted by molar-refractivity contribution is 5.94. The summed E-state index contributed by atoms with van der Waals surface area (Å²) >= 11 is 0. The second-order valence-corrected chi connectivity index (χ2v) is 5.60. The van der Waals surface area contributed by atoms with E-state index < -0.39 is 0 Å². The van der Waals surface area contributed by atoms with E-state index in [0.29, 0.717) is 24.4 Å². The third kappa shape index (κ3) is 4.26. The number of amides is 1. The lowest BCUT2D eigenvalue weighted by Crippen LogP contribution is -2.30. The van der Waals surface area contributed by atoms with Gasteiger partial charge < -0.3 is 14.1 Å². The van der Waals surface area contributed by atoms with Crippen molar-refractivity contribution < 1.29 is 18.3 Å². The largest absolute Gasteiger partial charge is 0.497 e. The van der Waals surface area contributed by atoms with E-state index in [4.69, 9.17) is 9.15 Å². The number of hydrogen-bond donors (Lipinski definition) is 0. The molecule has 25 heavy (non-hydrogen) atoms. The number of rotatable bonds is 6. The summed E-state index contributed by atoms with van der Waals surface area (Å²) in [6.45, 7) is 0.732. The first kappa shape index (κ1) is 16.8. The molecule has 0 aliphatic carbocycles. The number of halogens is 1. The Bertz CT molecular complexity index is 811. The lowest BCUT2D eigenvalue weighted by Gasteiger charge is -2.22. The summed E-state index contributed by atoms with van der Waals surface area (Å²) in [5.41, 5.74) is 1.39. The molecule has 0 atom stereocenters. The molecule has 0 bridgehead atoms.